The van der Waals surface area contributed by atoms with Crippen molar-refractivity contribution in [3.05, 3.63) is 52.6 Å². The monoisotopic (exact) mass is 311 g/mol. The Balaban J connectivity index is 1.77. The molecule has 0 fully saturated rings. The molecule has 4 heteroatoms. The molecule has 4 rings (SSSR count). The van der Waals surface area contributed by atoms with Crippen LogP contribution in [0.1, 0.15) is 28.3 Å². The summed E-state index contributed by atoms with van der Waals surface area (Å²) in [5.74, 6) is 1.93. The maximum Gasteiger partial charge on any atom is 0.161 e. The molecule has 0 saturated carbocycles. The first kappa shape index (κ1) is 14.4. The van der Waals surface area contributed by atoms with Crippen LogP contribution in [-0.2, 0) is 19.4 Å². The Morgan fingerprint density at radius 2 is 1.78 bits per heavy atom. The molecule has 2 aliphatic heterocycles. The van der Waals surface area contributed by atoms with E-state index in [1.54, 1.807) is 20.3 Å². The molecule has 0 aliphatic carbocycles. The smallest absolute Gasteiger partial charge is 0.161 e. The summed E-state index contributed by atoms with van der Waals surface area (Å²) < 4.78 is 10.9. The van der Waals surface area contributed by atoms with Crippen molar-refractivity contribution in [3.8, 4) is 17.2 Å². The highest BCUT2D eigenvalue weighted by Crippen LogP contribution is 2.42. The number of rotatable bonds is 2. The van der Waals surface area contributed by atoms with Crippen LogP contribution in [0.3, 0.4) is 0 Å². The summed E-state index contributed by atoms with van der Waals surface area (Å²) in [5.41, 5.74) is 5.23. The van der Waals surface area contributed by atoms with Crippen molar-refractivity contribution in [1.29, 1.82) is 0 Å². The molecule has 2 aromatic rings. The van der Waals surface area contributed by atoms with Crippen molar-refractivity contribution in [3.63, 3.8) is 0 Å². The second-order valence-electron chi connectivity index (χ2n) is 6.30. The van der Waals surface area contributed by atoms with Gasteiger partial charge in [-0.25, -0.2) is 0 Å². The lowest BCUT2D eigenvalue weighted by molar-refractivity contribution is 0.160. The molecule has 0 aromatic heterocycles. The SMILES string of the molecule is COc1cc2c(cc1OC)C1Cc3cc(O)ccc3CN1CC2. The third kappa shape index (κ3) is 2.34. The van der Waals surface area contributed by atoms with Crippen LogP contribution >= 0.6 is 0 Å². The van der Waals surface area contributed by atoms with Gasteiger partial charge in [-0.15, -0.1) is 0 Å². The van der Waals surface area contributed by atoms with E-state index < -0.39 is 0 Å². The third-order valence-corrected chi connectivity index (χ3v) is 5.09. The topological polar surface area (TPSA) is 41.9 Å². The summed E-state index contributed by atoms with van der Waals surface area (Å²) in [6.45, 7) is 1.99. The van der Waals surface area contributed by atoms with Gasteiger partial charge < -0.3 is 14.6 Å². The molecule has 0 amide bonds. The number of hydrogen-bond acceptors (Lipinski definition) is 4. The van der Waals surface area contributed by atoms with Crippen LogP contribution < -0.4 is 9.47 Å². The van der Waals surface area contributed by atoms with Crippen LogP contribution in [0, 0.1) is 0 Å². The minimum Gasteiger partial charge on any atom is -0.508 e. The number of phenolic OH excluding ortho intramolecular Hbond substituents is 1. The molecule has 2 aliphatic rings. The first-order chi connectivity index (χ1) is 11.2. The van der Waals surface area contributed by atoms with Gasteiger partial charge in [0.25, 0.3) is 0 Å². The molecule has 0 saturated heterocycles. The fourth-order valence-corrected chi connectivity index (χ4v) is 3.89. The van der Waals surface area contributed by atoms with Gasteiger partial charge >= 0.3 is 0 Å². The number of hydrogen-bond donors (Lipinski definition) is 1. The number of benzene rings is 2. The lowest BCUT2D eigenvalue weighted by Crippen LogP contribution is -2.39. The van der Waals surface area contributed by atoms with Gasteiger partial charge in [-0.05, 0) is 59.4 Å². The van der Waals surface area contributed by atoms with Gasteiger partial charge in [0.15, 0.2) is 11.5 Å². The molecule has 0 bridgehead atoms. The third-order valence-electron chi connectivity index (χ3n) is 5.09. The predicted molar refractivity (Wildman–Crippen MR) is 88.2 cm³/mol. The highest BCUT2D eigenvalue weighted by atomic mass is 16.5. The van der Waals surface area contributed by atoms with Crippen LogP contribution in [0.4, 0.5) is 0 Å². The van der Waals surface area contributed by atoms with Crippen molar-refractivity contribution in [2.45, 2.75) is 25.4 Å². The van der Waals surface area contributed by atoms with E-state index in [0.29, 0.717) is 11.8 Å². The van der Waals surface area contributed by atoms with Crippen molar-refractivity contribution >= 4 is 0 Å². The molecule has 23 heavy (non-hydrogen) atoms. The maximum absolute atomic E-state index is 9.78. The summed E-state index contributed by atoms with van der Waals surface area (Å²) in [5, 5.41) is 9.78. The average molecular weight is 311 g/mol. The van der Waals surface area contributed by atoms with E-state index in [1.807, 2.05) is 12.1 Å². The maximum atomic E-state index is 9.78. The van der Waals surface area contributed by atoms with Gasteiger partial charge in [-0.1, -0.05) is 6.07 Å². The largest absolute Gasteiger partial charge is 0.508 e. The quantitative estimate of drug-likeness (QED) is 0.925. The average Bonchev–Trinajstić information content (AvgIpc) is 2.58. The Morgan fingerprint density at radius 1 is 1.00 bits per heavy atom. The molecular weight excluding hydrogens is 290 g/mol. The molecule has 1 N–H and O–H groups in total. The molecule has 2 aromatic carbocycles. The number of nitrogens with zero attached hydrogens (tertiary/aromatic N) is 1. The van der Waals surface area contributed by atoms with Gasteiger partial charge in [0, 0.05) is 19.1 Å². The van der Waals surface area contributed by atoms with E-state index in [-0.39, 0.29) is 0 Å². The summed E-state index contributed by atoms with van der Waals surface area (Å²) in [7, 11) is 3.36. The number of fused-ring (bicyclic) bond motifs is 4. The fourth-order valence-electron chi connectivity index (χ4n) is 3.89. The number of aromatic hydroxyl groups is 1. The summed E-state index contributed by atoms with van der Waals surface area (Å²) in [6.07, 6.45) is 1.95. The van der Waals surface area contributed by atoms with Crippen LogP contribution in [0.5, 0.6) is 17.2 Å². The zero-order valence-electron chi connectivity index (χ0n) is 13.5. The molecule has 2 heterocycles. The molecule has 120 valence electrons. The van der Waals surface area contributed by atoms with Crippen molar-refractivity contribution < 1.29 is 14.6 Å². The summed E-state index contributed by atoms with van der Waals surface area (Å²) in [6, 6.07) is 10.3. The summed E-state index contributed by atoms with van der Waals surface area (Å²) in [4.78, 5) is 2.52. The van der Waals surface area contributed by atoms with E-state index in [2.05, 4.69) is 17.0 Å². The number of ether oxygens (including phenoxy) is 2. The van der Waals surface area contributed by atoms with Gasteiger partial charge in [-0.3, -0.25) is 4.90 Å². The molecule has 4 nitrogen and oxygen atoms in total. The Bertz CT molecular complexity index is 757. The van der Waals surface area contributed by atoms with E-state index in [9.17, 15) is 5.11 Å². The standard InChI is InChI=1S/C19H21NO3/c1-22-18-9-12-5-6-20-11-13-3-4-15(21)7-14(13)8-17(20)16(12)10-19(18)23-2/h3-4,7,9-10,17,21H,5-6,8,11H2,1-2H3. The number of methoxy groups -OCH3 is 2. The molecule has 1 unspecified atom stereocenters. The minimum atomic E-state index is 0.341. The molecular formula is C19H21NO3. The van der Waals surface area contributed by atoms with Crippen LogP contribution in [-0.4, -0.2) is 30.8 Å². The predicted octanol–water partition coefficient (Wildman–Crippen LogP) is 3.06. The van der Waals surface area contributed by atoms with E-state index in [0.717, 1.165) is 37.4 Å². The van der Waals surface area contributed by atoms with E-state index >= 15 is 0 Å². The summed E-state index contributed by atoms with van der Waals surface area (Å²) >= 11 is 0. The van der Waals surface area contributed by atoms with Crippen molar-refractivity contribution in [2.24, 2.45) is 0 Å². The fraction of sp³-hybridized carbons (Fsp3) is 0.368. The van der Waals surface area contributed by atoms with Crippen molar-refractivity contribution in [1.82, 2.24) is 4.90 Å². The van der Waals surface area contributed by atoms with Gasteiger partial charge in [0.1, 0.15) is 5.75 Å². The van der Waals surface area contributed by atoms with Crippen LogP contribution in [0.15, 0.2) is 30.3 Å². The highest BCUT2D eigenvalue weighted by Gasteiger charge is 2.33. The lowest BCUT2D eigenvalue weighted by Gasteiger charge is -2.41. The Kier molecular flexibility index (Phi) is 3.42. The molecule has 0 spiro atoms. The molecule has 0 radical (unpaired) electrons. The zero-order valence-corrected chi connectivity index (χ0v) is 13.5. The molecule has 1 atom stereocenters. The minimum absolute atomic E-state index is 0.341. The van der Waals surface area contributed by atoms with Crippen molar-refractivity contribution in [2.75, 3.05) is 20.8 Å². The zero-order chi connectivity index (χ0) is 16.0. The highest BCUT2D eigenvalue weighted by molar-refractivity contribution is 5.50. The van der Waals surface area contributed by atoms with Crippen LogP contribution in [0.25, 0.3) is 0 Å². The number of phenols is 1. The Hall–Kier alpha value is -2.20. The van der Waals surface area contributed by atoms with Gasteiger partial charge in [0.2, 0.25) is 0 Å². The first-order valence-electron chi connectivity index (χ1n) is 7.99. The first-order valence-corrected chi connectivity index (χ1v) is 7.99. The Labute approximate surface area is 136 Å². The van der Waals surface area contributed by atoms with E-state index in [4.69, 9.17) is 9.47 Å². The van der Waals surface area contributed by atoms with Gasteiger partial charge in [0.05, 0.1) is 14.2 Å². The second-order valence-corrected chi connectivity index (χ2v) is 6.30. The second kappa shape index (κ2) is 5.46. The van der Waals surface area contributed by atoms with Crippen LogP contribution in [0.2, 0.25) is 0 Å². The normalized spacial score (nSPS) is 19.5. The van der Waals surface area contributed by atoms with E-state index in [1.165, 1.54) is 22.3 Å². The Morgan fingerprint density at radius 3 is 2.57 bits per heavy atom. The lowest BCUT2D eigenvalue weighted by atomic mass is 9.84. The van der Waals surface area contributed by atoms with Gasteiger partial charge in [-0.2, -0.15) is 0 Å².